The van der Waals surface area contributed by atoms with E-state index in [4.69, 9.17) is 42.8 Å². The molecular weight excluding hydrogens is 635 g/mol. The van der Waals surface area contributed by atoms with Gasteiger partial charge in [0.15, 0.2) is 12.1 Å². The molecule has 4 heterocycles. The van der Waals surface area contributed by atoms with Crippen LogP contribution in [0.2, 0.25) is 10.0 Å². The predicted octanol–water partition coefficient (Wildman–Crippen LogP) is 9.54. The molecule has 1 saturated heterocycles. The minimum atomic E-state index is -0.575. The van der Waals surface area contributed by atoms with Gasteiger partial charge in [0.1, 0.15) is 11.3 Å². The van der Waals surface area contributed by atoms with Gasteiger partial charge in [0.25, 0.3) is 0 Å². The van der Waals surface area contributed by atoms with E-state index in [0.717, 1.165) is 75.1 Å². The Bertz CT molecular complexity index is 1920. The van der Waals surface area contributed by atoms with Crippen molar-refractivity contribution in [3.63, 3.8) is 0 Å². The van der Waals surface area contributed by atoms with Crippen molar-refractivity contribution in [1.29, 1.82) is 0 Å². The average Bonchev–Trinajstić information content (AvgIpc) is 3.60. The number of carbonyl (C=O) groups is 1. The SMILES string of the molecule is CCN(Cc1cncc(-c2ccc3c(c2)c(-c2nc(-c4cc(Cl)cc(Cl)c4)c(C)[nH]2)nn3C2CCCCO2)c1C)C(=O)OC(C)(C)C. The molecule has 1 amide bonds. The first-order valence-corrected chi connectivity index (χ1v) is 16.8. The molecule has 0 radical (unpaired) electrons. The number of aryl methyl sites for hydroxylation is 1. The number of pyridine rings is 1. The first-order chi connectivity index (χ1) is 22.4. The molecule has 5 aromatic rings. The van der Waals surface area contributed by atoms with Gasteiger partial charge in [-0.05, 0) is 108 Å². The van der Waals surface area contributed by atoms with E-state index >= 15 is 0 Å². The number of imidazole rings is 1. The maximum atomic E-state index is 12.9. The van der Waals surface area contributed by atoms with Gasteiger partial charge in [-0.2, -0.15) is 5.10 Å². The van der Waals surface area contributed by atoms with Crippen LogP contribution in [0.5, 0.6) is 0 Å². The van der Waals surface area contributed by atoms with Crippen LogP contribution in [-0.4, -0.2) is 54.5 Å². The molecule has 3 aromatic heterocycles. The standard InChI is InChI=1S/C36H40Cl2N6O3/c1-7-43(35(45)47-36(4,5)6)20-25-18-39-19-29(21(25)2)23-11-12-30-28(16-23)33(42-44(30)31-10-8-9-13-46-31)34-40-22(3)32(41-34)24-14-26(37)17-27(38)15-24/h11-12,14-19,31H,7-10,13,20H2,1-6H3,(H,40,41). The summed E-state index contributed by atoms with van der Waals surface area (Å²) in [5.41, 5.74) is 7.53. The summed E-state index contributed by atoms with van der Waals surface area (Å²) in [6, 6.07) is 11.8. The maximum absolute atomic E-state index is 12.9. The molecule has 47 heavy (non-hydrogen) atoms. The minimum absolute atomic E-state index is 0.160. The number of hydrogen-bond donors (Lipinski definition) is 1. The van der Waals surface area contributed by atoms with E-state index in [1.165, 1.54) is 0 Å². The van der Waals surface area contributed by atoms with Crippen molar-refractivity contribution in [3.05, 3.63) is 75.7 Å². The lowest BCUT2D eigenvalue weighted by Crippen LogP contribution is -2.36. The predicted molar refractivity (Wildman–Crippen MR) is 187 cm³/mol. The Labute approximate surface area is 285 Å². The Morgan fingerprint density at radius 3 is 2.51 bits per heavy atom. The third-order valence-corrected chi connectivity index (χ3v) is 8.84. The highest BCUT2D eigenvalue weighted by Crippen LogP contribution is 2.37. The number of ether oxygens (including phenoxy) is 2. The number of aromatic nitrogens is 5. The number of hydrogen-bond acceptors (Lipinski definition) is 6. The van der Waals surface area contributed by atoms with Gasteiger partial charge in [-0.15, -0.1) is 0 Å². The number of amides is 1. The largest absolute Gasteiger partial charge is 0.444 e. The Morgan fingerprint density at radius 1 is 1.06 bits per heavy atom. The summed E-state index contributed by atoms with van der Waals surface area (Å²) >= 11 is 12.7. The summed E-state index contributed by atoms with van der Waals surface area (Å²) in [6.07, 6.45) is 6.20. The lowest BCUT2D eigenvalue weighted by molar-refractivity contribution is -0.0365. The molecular formula is C36H40Cl2N6O3. The monoisotopic (exact) mass is 674 g/mol. The fourth-order valence-electron chi connectivity index (χ4n) is 6.02. The molecule has 246 valence electrons. The van der Waals surface area contributed by atoms with Gasteiger partial charge in [0, 0.05) is 57.8 Å². The molecule has 0 bridgehead atoms. The van der Waals surface area contributed by atoms with Crippen LogP contribution < -0.4 is 0 Å². The molecule has 1 atom stereocenters. The van der Waals surface area contributed by atoms with Gasteiger partial charge in [-0.25, -0.2) is 14.5 Å². The Hall–Kier alpha value is -3.92. The first-order valence-electron chi connectivity index (χ1n) is 16.0. The molecule has 1 aliphatic heterocycles. The van der Waals surface area contributed by atoms with E-state index < -0.39 is 5.60 Å². The summed E-state index contributed by atoms with van der Waals surface area (Å²) in [5, 5.41) is 7.14. The van der Waals surface area contributed by atoms with Crippen LogP contribution in [0.15, 0.2) is 48.8 Å². The van der Waals surface area contributed by atoms with Crippen LogP contribution in [0.25, 0.3) is 44.8 Å². The average molecular weight is 676 g/mol. The molecule has 1 fully saturated rings. The molecule has 9 nitrogen and oxygen atoms in total. The zero-order chi connectivity index (χ0) is 33.5. The van der Waals surface area contributed by atoms with E-state index in [-0.39, 0.29) is 12.3 Å². The highest BCUT2D eigenvalue weighted by atomic mass is 35.5. The summed E-state index contributed by atoms with van der Waals surface area (Å²) in [6.45, 7) is 13.2. The van der Waals surface area contributed by atoms with E-state index in [1.54, 1.807) is 11.0 Å². The smallest absolute Gasteiger partial charge is 0.410 e. The second-order valence-corrected chi connectivity index (χ2v) is 13.9. The number of benzene rings is 2. The molecule has 0 saturated carbocycles. The Morgan fingerprint density at radius 2 is 1.83 bits per heavy atom. The second-order valence-electron chi connectivity index (χ2n) is 13.0. The second kappa shape index (κ2) is 13.3. The van der Waals surface area contributed by atoms with Gasteiger partial charge in [0.2, 0.25) is 0 Å². The van der Waals surface area contributed by atoms with E-state index in [1.807, 2.05) is 63.8 Å². The molecule has 2 aromatic carbocycles. The van der Waals surface area contributed by atoms with Gasteiger partial charge in [-0.3, -0.25) is 4.98 Å². The van der Waals surface area contributed by atoms with Gasteiger partial charge in [0.05, 0.1) is 17.8 Å². The number of fused-ring (bicyclic) bond motifs is 1. The molecule has 6 rings (SSSR count). The van der Waals surface area contributed by atoms with Crippen LogP contribution >= 0.6 is 23.2 Å². The van der Waals surface area contributed by atoms with Crippen LogP contribution in [-0.2, 0) is 16.0 Å². The molecule has 11 heteroatoms. The minimum Gasteiger partial charge on any atom is -0.444 e. The van der Waals surface area contributed by atoms with Crippen molar-refractivity contribution in [1.82, 2.24) is 29.6 Å². The number of nitrogens with zero attached hydrogens (tertiary/aromatic N) is 5. The Kier molecular flexibility index (Phi) is 9.34. The lowest BCUT2D eigenvalue weighted by Gasteiger charge is -2.27. The zero-order valence-electron chi connectivity index (χ0n) is 27.7. The van der Waals surface area contributed by atoms with E-state index in [2.05, 4.69) is 35.1 Å². The topological polar surface area (TPSA) is 98.2 Å². The van der Waals surface area contributed by atoms with Crippen molar-refractivity contribution in [2.75, 3.05) is 13.2 Å². The van der Waals surface area contributed by atoms with Crippen LogP contribution in [0.1, 0.15) is 70.0 Å². The van der Waals surface area contributed by atoms with Crippen LogP contribution in [0.4, 0.5) is 4.79 Å². The van der Waals surface area contributed by atoms with E-state index in [0.29, 0.717) is 35.6 Å². The van der Waals surface area contributed by atoms with Crippen molar-refractivity contribution >= 4 is 40.2 Å². The molecule has 1 aliphatic rings. The quantitative estimate of drug-likeness (QED) is 0.185. The van der Waals surface area contributed by atoms with Gasteiger partial charge >= 0.3 is 6.09 Å². The van der Waals surface area contributed by atoms with Gasteiger partial charge < -0.3 is 19.4 Å². The number of rotatable bonds is 7. The molecule has 1 unspecified atom stereocenters. The van der Waals surface area contributed by atoms with Crippen molar-refractivity contribution < 1.29 is 14.3 Å². The third kappa shape index (κ3) is 7.03. The molecule has 1 N–H and O–H groups in total. The fourth-order valence-corrected chi connectivity index (χ4v) is 6.55. The third-order valence-electron chi connectivity index (χ3n) is 8.40. The summed E-state index contributed by atoms with van der Waals surface area (Å²) in [4.78, 5) is 27.7. The van der Waals surface area contributed by atoms with Crippen molar-refractivity contribution in [2.45, 2.75) is 79.2 Å². The fraction of sp³-hybridized carbons (Fsp3) is 0.389. The zero-order valence-corrected chi connectivity index (χ0v) is 29.2. The van der Waals surface area contributed by atoms with Crippen LogP contribution in [0.3, 0.4) is 0 Å². The number of carbonyl (C=O) groups excluding carboxylic acids is 1. The number of halogens is 2. The van der Waals surface area contributed by atoms with E-state index in [9.17, 15) is 4.79 Å². The van der Waals surface area contributed by atoms with Crippen LogP contribution in [0, 0.1) is 13.8 Å². The summed E-state index contributed by atoms with van der Waals surface area (Å²) in [7, 11) is 0. The van der Waals surface area contributed by atoms with Crippen molar-refractivity contribution in [3.8, 4) is 33.9 Å². The molecule has 0 aliphatic carbocycles. The maximum Gasteiger partial charge on any atom is 0.410 e. The highest BCUT2D eigenvalue weighted by molar-refractivity contribution is 6.35. The number of nitrogens with one attached hydrogen (secondary N) is 1. The van der Waals surface area contributed by atoms with Crippen molar-refractivity contribution in [2.24, 2.45) is 0 Å². The number of aromatic amines is 1. The molecule has 0 spiro atoms. The lowest BCUT2D eigenvalue weighted by atomic mass is 9.97. The van der Waals surface area contributed by atoms with Gasteiger partial charge in [-0.1, -0.05) is 29.3 Å². The number of H-pyrrole nitrogens is 1. The normalized spacial score (nSPS) is 15.3. The Balaban J connectivity index is 1.43. The summed E-state index contributed by atoms with van der Waals surface area (Å²) in [5.74, 6) is 0.643. The first kappa shape index (κ1) is 33.0. The summed E-state index contributed by atoms with van der Waals surface area (Å²) < 4.78 is 13.8. The highest BCUT2D eigenvalue weighted by Gasteiger charge is 2.25.